The molecule has 2 rings (SSSR count). The number of nitrogens with zero attached hydrogens (tertiary/aromatic N) is 2. The number of thiazole rings is 1. The quantitative estimate of drug-likeness (QED) is 0.810. The highest BCUT2D eigenvalue weighted by atomic mass is 32.2. The fourth-order valence-corrected chi connectivity index (χ4v) is 4.03. The molecule has 0 amide bonds. The van der Waals surface area contributed by atoms with E-state index in [1.165, 1.54) is 15.6 Å². The summed E-state index contributed by atoms with van der Waals surface area (Å²) in [4.78, 5) is 4.00. The van der Waals surface area contributed by atoms with E-state index in [0.29, 0.717) is 18.3 Å². The molecule has 1 aliphatic heterocycles. The van der Waals surface area contributed by atoms with Gasteiger partial charge in [-0.1, -0.05) is 25.2 Å². The van der Waals surface area contributed by atoms with Crippen LogP contribution in [0.25, 0.3) is 0 Å². The molecule has 2 heterocycles. The molecule has 0 N–H and O–H groups in total. The van der Waals surface area contributed by atoms with Gasteiger partial charge in [0.05, 0.1) is 18.8 Å². The largest absolute Gasteiger partial charge is 0.464 e. The number of hydrogen-bond acceptors (Lipinski definition) is 5. The molecule has 0 bridgehead atoms. The predicted molar refractivity (Wildman–Crippen MR) is 66.7 cm³/mol. The number of ether oxygens (including phenoxy) is 1. The summed E-state index contributed by atoms with van der Waals surface area (Å²) in [5, 5.41) is 2.44. The van der Waals surface area contributed by atoms with Crippen molar-refractivity contribution < 1.29 is 13.2 Å². The average Bonchev–Trinajstić information content (AvgIpc) is 2.59. The molecule has 0 atom stereocenters. The van der Waals surface area contributed by atoms with Gasteiger partial charge in [0, 0.05) is 11.6 Å². The van der Waals surface area contributed by atoms with Crippen LogP contribution in [0.4, 0.5) is 0 Å². The van der Waals surface area contributed by atoms with Crippen LogP contribution in [-0.4, -0.2) is 42.7 Å². The van der Waals surface area contributed by atoms with Crippen LogP contribution in [-0.2, 0) is 10.0 Å². The Morgan fingerprint density at radius 3 is 2.82 bits per heavy atom. The summed E-state index contributed by atoms with van der Waals surface area (Å²) in [6.07, 6.45) is 1.62. The van der Waals surface area contributed by atoms with Gasteiger partial charge in [-0.25, -0.2) is 13.4 Å². The molecule has 5 nitrogen and oxygen atoms in total. The van der Waals surface area contributed by atoms with Gasteiger partial charge in [-0.2, -0.15) is 4.31 Å². The lowest BCUT2D eigenvalue weighted by molar-refractivity contribution is 0.0757. The maximum Gasteiger partial charge on any atom is 0.273 e. The first-order chi connectivity index (χ1) is 7.97. The fraction of sp³-hybridized carbons (Fsp3) is 0.700. The summed E-state index contributed by atoms with van der Waals surface area (Å²) in [6.45, 7) is 4.69. The molecule has 0 unspecified atom stereocenters. The number of aromatic nitrogens is 1. The van der Waals surface area contributed by atoms with Crippen molar-refractivity contribution in [3.63, 3.8) is 0 Å². The summed E-state index contributed by atoms with van der Waals surface area (Å²) >= 11 is 1.42. The van der Waals surface area contributed by atoms with Crippen molar-refractivity contribution in [3.8, 4) is 5.19 Å². The summed E-state index contributed by atoms with van der Waals surface area (Å²) < 4.78 is 30.7. The lowest BCUT2D eigenvalue weighted by atomic mass is 10.2. The second-order valence-electron chi connectivity index (χ2n) is 4.53. The molecule has 7 heteroatoms. The van der Waals surface area contributed by atoms with Gasteiger partial charge < -0.3 is 4.74 Å². The normalized spacial score (nSPS) is 18.3. The van der Waals surface area contributed by atoms with Crippen LogP contribution in [0.2, 0.25) is 0 Å². The minimum Gasteiger partial charge on any atom is -0.464 e. The van der Waals surface area contributed by atoms with E-state index in [1.54, 1.807) is 6.20 Å². The van der Waals surface area contributed by atoms with Gasteiger partial charge in [0.15, 0.2) is 0 Å². The summed E-state index contributed by atoms with van der Waals surface area (Å²) in [5.74, 6) is 0.357. The fourth-order valence-electron chi connectivity index (χ4n) is 1.64. The Kier molecular flexibility index (Phi) is 3.70. The number of sulfonamides is 1. The molecule has 0 aliphatic carbocycles. The van der Waals surface area contributed by atoms with Crippen LogP contribution in [0.15, 0.2) is 11.6 Å². The van der Waals surface area contributed by atoms with Crippen molar-refractivity contribution in [2.24, 2.45) is 5.92 Å². The SMILES string of the molecule is CC(C)CS(=O)(=O)N1CC(Oc2nccs2)C1. The Bertz CT molecular complexity index is 450. The Labute approximate surface area is 105 Å². The molecule has 1 aliphatic rings. The number of hydrogen-bond donors (Lipinski definition) is 0. The van der Waals surface area contributed by atoms with Crippen molar-refractivity contribution in [3.05, 3.63) is 11.6 Å². The van der Waals surface area contributed by atoms with E-state index in [0.717, 1.165) is 0 Å². The minimum absolute atomic E-state index is 0.0527. The van der Waals surface area contributed by atoms with E-state index in [4.69, 9.17) is 4.74 Å². The third-order valence-electron chi connectivity index (χ3n) is 2.43. The Balaban J connectivity index is 1.82. The lowest BCUT2D eigenvalue weighted by Crippen LogP contribution is -2.56. The van der Waals surface area contributed by atoms with E-state index < -0.39 is 10.0 Å². The molecule has 1 aromatic heterocycles. The first-order valence-corrected chi connectivity index (χ1v) is 8.00. The van der Waals surface area contributed by atoms with Crippen molar-refractivity contribution in [2.75, 3.05) is 18.8 Å². The third kappa shape index (κ3) is 3.17. The second kappa shape index (κ2) is 4.91. The molecular weight excluding hydrogens is 260 g/mol. The maximum atomic E-state index is 11.8. The van der Waals surface area contributed by atoms with Crippen molar-refractivity contribution in [2.45, 2.75) is 20.0 Å². The molecule has 96 valence electrons. The summed E-state index contributed by atoms with van der Waals surface area (Å²) in [5.41, 5.74) is 0. The zero-order chi connectivity index (χ0) is 12.5. The van der Waals surface area contributed by atoms with E-state index >= 15 is 0 Å². The molecular formula is C10H16N2O3S2. The topological polar surface area (TPSA) is 59.5 Å². The molecule has 1 saturated heterocycles. The molecule has 17 heavy (non-hydrogen) atoms. The van der Waals surface area contributed by atoms with E-state index in [1.807, 2.05) is 19.2 Å². The zero-order valence-electron chi connectivity index (χ0n) is 9.87. The highest BCUT2D eigenvalue weighted by molar-refractivity contribution is 7.89. The summed E-state index contributed by atoms with van der Waals surface area (Å²) in [6, 6.07) is 0. The number of rotatable bonds is 5. The van der Waals surface area contributed by atoms with Gasteiger partial charge >= 0.3 is 0 Å². The van der Waals surface area contributed by atoms with Gasteiger partial charge in [-0.05, 0) is 5.92 Å². The van der Waals surface area contributed by atoms with Crippen LogP contribution in [0.5, 0.6) is 5.19 Å². The first-order valence-electron chi connectivity index (χ1n) is 5.51. The van der Waals surface area contributed by atoms with Gasteiger partial charge in [0.2, 0.25) is 10.0 Å². The monoisotopic (exact) mass is 276 g/mol. The Morgan fingerprint density at radius 1 is 1.59 bits per heavy atom. The predicted octanol–water partition coefficient (Wildman–Crippen LogP) is 1.19. The van der Waals surface area contributed by atoms with Gasteiger partial charge in [0.1, 0.15) is 6.10 Å². The smallest absolute Gasteiger partial charge is 0.273 e. The molecule has 0 saturated carbocycles. The van der Waals surface area contributed by atoms with Crippen molar-refractivity contribution >= 4 is 21.4 Å². The lowest BCUT2D eigenvalue weighted by Gasteiger charge is -2.37. The highest BCUT2D eigenvalue weighted by Crippen LogP contribution is 2.22. The second-order valence-corrected chi connectivity index (χ2v) is 7.40. The van der Waals surface area contributed by atoms with Crippen molar-refractivity contribution in [1.82, 2.24) is 9.29 Å². The third-order valence-corrected chi connectivity index (χ3v) is 5.26. The van der Waals surface area contributed by atoms with Crippen LogP contribution < -0.4 is 4.74 Å². The first kappa shape index (κ1) is 12.8. The highest BCUT2D eigenvalue weighted by Gasteiger charge is 2.37. The maximum absolute atomic E-state index is 11.8. The molecule has 0 aromatic carbocycles. The van der Waals surface area contributed by atoms with Crippen LogP contribution in [0, 0.1) is 5.92 Å². The van der Waals surface area contributed by atoms with Crippen LogP contribution >= 0.6 is 11.3 Å². The summed E-state index contributed by atoms with van der Waals surface area (Å²) in [7, 11) is -3.10. The average molecular weight is 276 g/mol. The standard InChI is InChI=1S/C10H16N2O3S2/c1-8(2)7-17(13,14)12-5-9(6-12)15-10-11-3-4-16-10/h3-4,8-9H,5-7H2,1-2H3. The zero-order valence-corrected chi connectivity index (χ0v) is 11.5. The van der Waals surface area contributed by atoms with Gasteiger partial charge in [-0.15, -0.1) is 0 Å². The van der Waals surface area contributed by atoms with Gasteiger partial charge in [-0.3, -0.25) is 0 Å². The molecule has 1 aromatic rings. The Hall–Kier alpha value is -0.660. The van der Waals surface area contributed by atoms with E-state index in [2.05, 4.69) is 4.98 Å². The van der Waals surface area contributed by atoms with Gasteiger partial charge in [0.25, 0.3) is 5.19 Å². The van der Waals surface area contributed by atoms with Crippen molar-refractivity contribution in [1.29, 1.82) is 0 Å². The Morgan fingerprint density at radius 2 is 2.29 bits per heavy atom. The van der Waals surface area contributed by atoms with E-state index in [9.17, 15) is 8.42 Å². The molecule has 0 radical (unpaired) electrons. The van der Waals surface area contributed by atoms with E-state index in [-0.39, 0.29) is 17.8 Å². The molecule has 1 fully saturated rings. The van der Waals surface area contributed by atoms with Crippen LogP contribution in [0.3, 0.4) is 0 Å². The minimum atomic E-state index is -3.10. The molecule has 0 spiro atoms. The van der Waals surface area contributed by atoms with Crippen LogP contribution in [0.1, 0.15) is 13.8 Å².